The molecule has 2 aromatic carbocycles. The molecule has 0 fully saturated rings. The minimum Gasteiger partial charge on any atom is -0.493 e. The summed E-state index contributed by atoms with van der Waals surface area (Å²) < 4.78 is 49.8. The maximum Gasteiger partial charge on any atom is 0.417 e. The van der Waals surface area contributed by atoms with E-state index < -0.39 is 22.7 Å². The molecule has 2 aromatic rings. The standard InChI is InChI=1S/C18H16BrClF3NO3/c1-26-15-7-10(13(19)9-16(15)27-2)3-6-17(25)24-11-4-5-14(20)12(8-11)18(21,22)23/h4-5,7-9H,3,6H2,1-2H3,(H,24,25). The van der Waals surface area contributed by atoms with Crippen molar-refractivity contribution in [1.82, 2.24) is 0 Å². The fraction of sp³-hybridized carbons (Fsp3) is 0.278. The Labute approximate surface area is 167 Å². The summed E-state index contributed by atoms with van der Waals surface area (Å²) in [4.78, 5) is 12.1. The molecular formula is C18H16BrClF3NO3. The number of methoxy groups -OCH3 is 2. The minimum atomic E-state index is -4.59. The van der Waals surface area contributed by atoms with Gasteiger partial charge in [-0.25, -0.2) is 0 Å². The third-order valence-electron chi connectivity index (χ3n) is 3.73. The molecule has 1 N–H and O–H groups in total. The third kappa shape index (κ3) is 5.52. The number of alkyl halides is 3. The fourth-order valence-electron chi connectivity index (χ4n) is 2.38. The molecule has 0 saturated heterocycles. The lowest BCUT2D eigenvalue weighted by molar-refractivity contribution is -0.137. The van der Waals surface area contributed by atoms with Gasteiger partial charge in [-0.1, -0.05) is 27.5 Å². The Kier molecular flexibility index (Phi) is 7.00. The molecule has 0 aliphatic rings. The zero-order chi connectivity index (χ0) is 20.2. The quantitative estimate of drug-likeness (QED) is 0.593. The predicted octanol–water partition coefficient (Wildman–Crippen LogP) is 5.71. The van der Waals surface area contributed by atoms with E-state index in [0.29, 0.717) is 17.9 Å². The van der Waals surface area contributed by atoms with Gasteiger partial charge in [0, 0.05) is 16.6 Å². The summed E-state index contributed by atoms with van der Waals surface area (Å²) in [5.41, 5.74) is -0.164. The highest BCUT2D eigenvalue weighted by atomic mass is 79.9. The van der Waals surface area contributed by atoms with Gasteiger partial charge >= 0.3 is 6.18 Å². The van der Waals surface area contributed by atoms with Gasteiger partial charge in [-0.15, -0.1) is 0 Å². The number of carbonyl (C=O) groups is 1. The van der Waals surface area contributed by atoms with Crippen LogP contribution in [-0.2, 0) is 17.4 Å². The summed E-state index contributed by atoms with van der Waals surface area (Å²) in [6.45, 7) is 0. The van der Waals surface area contributed by atoms with E-state index in [2.05, 4.69) is 21.2 Å². The van der Waals surface area contributed by atoms with E-state index in [1.165, 1.54) is 20.3 Å². The van der Waals surface area contributed by atoms with Gasteiger partial charge in [0.25, 0.3) is 0 Å². The summed E-state index contributed by atoms with van der Waals surface area (Å²) in [6, 6.07) is 6.69. The Balaban J connectivity index is 2.07. The van der Waals surface area contributed by atoms with Crippen molar-refractivity contribution < 1.29 is 27.4 Å². The van der Waals surface area contributed by atoms with Crippen LogP contribution in [-0.4, -0.2) is 20.1 Å². The molecule has 9 heteroatoms. The summed E-state index contributed by atoms with van der Waals surface area (Å²) in [7, 11) is 3.01. The number of rotatable bonds is 6. The largest absolute Gasteiger partial charge is 0.493 e. The van der Waals surface area contributed by atoms with Crippen LogP contribution in [0.25, 0.3) is 0 Å². The van der Waals surface area contributed by atoms with Crippen LogP contribution in [0.4, 0.5) is 18.9 Å². The second-order valence-electron chi connectivity index (χ2n) is 5.54. The Bertz CT molecular complexity index is 843. The number of anilines is 1. The molecule has 0 aromatic heterocycles. The van der Waals surface area contributed by atoms with Crippen molar-refractivity contribution in [2.75, 3.05) is 19.5 Å². The van der Waals surface area contributed by atoms with Crippen LogP contribution in [0.3, 0.4) is 0 Å². The van der Waals surface area contributed by atoms with Gasteiger partial charge in [-0.2, -0.15) is 13.2 Å². The minimum absolute atomic E-state index is 0.0307. The van der Waals surface area contributed by atoms with Crippen molar-refractivity contribution in [3.63, 3.8) is 0 Å². The van der Waals surface area contributed by atoms with E-state index in [9.17, 15) is 18.0 Å². The van der Waals surface area contributed by atoms with Gasteiger partial charge in [0.2, 0.25) is 5.91 Å². The first-order valence-electron chi connectivity index (χ1n) is 7.72. The number of nitrogens with one attached hydrogen (secondary N) is 1. The highest BCUT2D eigenvalue weighted by Crippen LogP contribution is 2.36. The molecule has 0 atom stereocenters. The zero-order valence-corrected chi connectivity index (χ0v) is 16.8. The molecule has 0 aliphatic heterocycles. The van der Waals surface area contributed by atoms with Crippen molar-refractivity contribution in [2.45, 2.75) is 19.0 Å². The molecule has 1 amide bonds. The predicted molar refractivity (Wildman–Crippen MR) is 101 cm³/mol. The number of aryl methyl sites for hydroxylation is 1. The van der Waals surface area contributed by atoms with Crippen molar-refractivity contribution in [3.05, 3.63) is 51.0 Å². The second kappa shape index (κ2) is 8.84. The van der Waals surface area contributed by atoms with Gasteiger partial charge < -0.3 is 14.8 Å². The first-order valence-corrected chi connectivity index (χ1v) is 8.89. The number of benzene rings is 2. The van der Waals surface area contributed by atoms with Crippen LogP contribution in [0.15, 0.2) is 34.8 Å². The SMILES string of the molecule is COc1cc(Br)c(CCC(=O)Nc2ccc(Cl)c(C(F)(F)F)c2)cc1OC. The highest BCUT2D eigenvalue weighted by Gasteiger charge is 2.33. The first-order chi connectivity index (χ1) is 12.7. The number of hydrogen-bond acceptors (Lipinski definition) is 3. The average Bonchev–Trinajstić information content (AvgIpc) is 2.61. The lowest BCUT2D eigenvalue weighted by Gasteiger charge is -2.13. The summed E-state index contributed by atoms with van der Waals surface area (Å²) in [5, 5.41) is 2.03. The molecule has 0 aliphatic carbocycles. The van der Waals surface area contributed by atoms with Crippen molar-refractivity contribution in [3.8, 4) is 11.5 Å². The van der Waals surface area contributed by atoms with E-state index in [1.807, 2.05) is 0 Å². The lowest BCUT2D eigenvalue weighted by Crippen LogP contribution is -2.14. The number of ether oxygens (including phenoxy) is 2. The van der Waals surface area contributed by atoms with Gasteiger partial charge in [0.15, 0.2) is 11.5 Å². The van der Waals surface area contributed by atoms with Gasteiger partial charge in [0.05, 0.1) is 24.8 Å². The monoisotopic (exact) mass is 465 g/mol. The van der Waals surface area contributed by atoms with Gasteiger partial charge in [-0.05, 0) is 42.3 Å². The van der Waals surface area contributed by atoms with E-state index in [4.69, 9.17) is 21.1 Å². The van der Waals surface area contributed by atoms with E-state index >= 15 is 0 Å². The van der Waals surface area contributed by atoms with Crippen LogP contribution < -0.4 is 14.8 Å². The molecule has 146 valence electrons. The molecule has 0 spiro atoms. The van der Waals surface area contributed by atoms with Crippen molar-refractivity contribution in [1.29, 1.82) is 0 Å². The molecule has 0 saturated carbocycles. The average molecular weight is 467 g/mol. The normalized spacial score (nSPS) is 11.2. The molecule has 0 unspecified atom stereocenters. The topological polar surface area (TPSA) is 47.6 Å². The maximum atomic E-state index is 12.9. The molecule has 0 bridgehead atoms. The number of hydrogen-bond donors (Lipinski definition) is 1. The van der Waals surface area contributed by atoms with E-state index in [1.54, 1.807) is 12.1 Å². The van der Waals surface area contributed by atoms with Crippen LogP contribution in [0, 0.1) is 0 Å². The number of amides is 1. The van der Waals surface area contributed by atoms with E-state index in [-0.39, 0.29) is 12.1 Å². The third-order valence-corrected chi connectivity index (χ3v) is 4.80. The molecule has 2 rings (SSSR count). The molecule has 4 nitrogen and oxygen atoms in total. The second-order valence-corrected chi connectivity index (χ2v) is 6.80. The van der Waals surface area contributed by atoms with Gasteiger partial charge in [0.1, 0.15) is 0 Å². The molecule has 0 radical (unpaired) electrons. The number of halogens is 5. The Hall–Kier alpha value is -1.93. The van der Waals surface area contributed by atoms with Crippen LogP contribution in [0.1, 0.15) is 17.5 Å². The van der Waals surface area contributed by atoms with E-state index in [0.717, 1.165) is 22.2 Å². The van der Waals surface area contributed by atoms with Gasteiger partial charge in [-0.3, -0.25) is 4.79 Å². The highest BCUT2D eigenvalue weighted by molar-refractivity contribution is 9.10. The smallest absolute Gasteiger partial charge is 0.417 e. The molecular weight excluding hydrogens is 451 g/mol. The fourth-order valence-corrected chi connectivity index (χ4v) is 3.13. The summed E-state index contributed by atoms with van der Waals surface area (Å²) >= 11 is 8.97. The van der Waals surface area contributed by atoms with Crippen molar-refractivity contribution in [2.24, 2.45) is 0 Å². The summed E-state index contributed by atoms with van der Waals surface area (Å²) in [6.07, 6.45) is -4.17. The van der Waals surface area contributed by atoms with Crippen molar-refractivity contribution >= 4 is 39.1 Å². The van der Waals surface area contributed by atoms with Crippen LogP contribution in [0.2, 0.25) is 5.02 Å². The Morgan fingerprint density at radius 3 is 2.37 bits per heavy atom. The number of carbonyl (C=O) groups excluding carboxylic acids is 1. The zero-order valence-electron chi connectivity index (χ0n) is 14.4. The summed E-state index contributed by atoms with van der Waals surface area (Å²) in [5.74, 6) is 0.634. The molecule has 0 heterocycles. The Morgan fingerprint density at radius 2 is 1.78 bits per heavy atom. The lowest BCUT2D eigenvalue weighted by atomic mass is 10.1. The molecule has 27 heavy (non-hydrogen) atoms. The maximum absolute atomic E-state index is 12.9. The van der Waals surface area contributed by atoms with Crippen LogP contribution >= 0.6 is 27.5 Å². The first kappa shape index (κ1) is 21.4. The van der Waals surface area contributed by atoms with Crippen LogP contribution in [0.5, 0.6) is 11.5 Å². The Morgan fingerprint density at radius 1 is 1.15 bits per heavy atom.